The number of benzene rings is 1. The number of amides is 3. The van der Waals surface area contributed by atoms with E-state index in [1.807, 2.05) is 13.8 Å². The molecule has 1 atom stereocenters. The van der Waals surface area contributed by atoms with E-state index in [0.717, 1.165) is 29.9 Å². The SMILES string of the molecule is Cc1noc(C)c1CCCNC(=O)N1CCNC(=O)C1c1ccc(F)cc1. The Balaban J connectivity index is 1.60. The third-order valence-corrected chi connectivity index (χ3v) is 4.72. The summed E-state index contributed by atoms with van der Waals surface area (Å²) in [4.78, 5) is 26.4. The molecule has 1 aliphatic heterocycles. The zero-order valence-corrected chi connectivity index (χ0v) is 15.4. The maximum Gasteiger partial charge on any atom is 0.318 e. The average Bonchev–Trinajstić information content (AvgIpc) is 2.97. The van der Waals surface area contributed by atoms with E-state index in [2.05, 4.69) is 15.8 Å². The minimum Gasteiger partial charge on any atom is -0.361 e. The highest BCUT2D eigenvalue weighted by atomic mass is 19.1. The number of aryl methyl sites for hydroxylation is 2. The standard InChI is InChI=1S/C19H23FN4O3/c1-12-16(13(2)27-23-12)4-3-9-22-19(26)24-11-10-21-18(25)17(24)14-5-7-15(20)8-6-14/h5-8,17H,3-4,9-11H2,1-2H3,(H,21,25)(H,22,26). The minimum atomic E-state index is -0.762. The van der Waals surface area contributed by atoms with Gasteiger partial charge in [0.2, 0.25) is 5.91 Å². The average molecular weight is 374 g/mol. The van der Waals surface area contributed by atoms with Gasteiger partial charge < -0.3 is 20.1 Å². The quantitative estimate of drug-likeness (QED) is 0.786. The van der Waals surface area contributed by atoms with Crippen LogP contribution in [0.15, 0.2) is 28.8 Å². The van der Waals surface area contributed by atoms with Crippen molar-refractivity contribution in [2.45, 2.75) is 32.7 Å². The van der Waals surface area contributed by atoms with E-state index >= 15 is 0 Å². The molecule has 144 valence electrons. The number of carbonyl (C=O) groups is 2. The molecule has 1 aliphatic rings. The van der Waals surface area contributed by atoms with Crippen molar-refractivity contribution < 1.29 is 18.5 Å². The lowest BCUT2D eigenvalue weighted by Gasteiger charge is -2.35. The Labute approximate surface area is 156 Å². The first-order valence-corrected chi connectivity index (χ1v) is 8.96. The molecule has 27 heavy (non-hydrogen) atoms. The molecule has 8 heteroatoms. The molecule has 0 bridgehead atoms. The van der Waals surface area contributed by atoms with Crippen LogP contribution in [-0.2, 0) is 11.2 Å². The molecule has 3 rings (SSSR count). The number of halogens is 1. The molecule has 0 saturated carbocycles. The van der Waals surface area contributed by atoms with Gasteiger partial charge in [0.05, 0.1) is 5.69 Å². The minimum absolute atomic E-state index is 0.265. The number of aromatic nitrogens is 1. The fourth-order valence-corrected chi connectivity index (χ4v) is 3.28. The number of rotatable bonds is 5. The first-order chi connectivity index (χ1) is 13.0. The van der Waals surface area contributed by atoms with Crippen LogP contribution >= 0.6 is 0 Å². The Morgan fingerprint density at radius 2 is 2.11 bits per heavy atom. The molecule has 1 saturated heterocycles. The van der Waals surface area contributed by atoms with E-state index in [1.165, 1.54) is 29.2 Å². The fraction of sp³-hybridized carbons (Fsp3) is 0.421. The van der Waals surface area contributed by atoms with Gasteiger partial charge in [0.1, 0.15) is 17.6 Å². The summed E-state index contributed by atoms with van der Waals surface area (Å²) in [5.41, 5.74) is 2.51. The Kier molecular flexibility index (Phi) is 5.73. The normalized spacial score (nSPS) is 16.9. The fourth-order valence-electron chi connectivity index (χ4n) is 3.28. The highest BCUT2D eigenvalue weighted by molar-refractivity contribution is 5.89. The number of nitrogens with one attached hydrogen (secondary N) is 2. The summed E-state index contributed by atoms with van der Waals surface area (Å²) >= 11 is 0. The molecule has 7 nitrogen and oxygen atoms in total. The predicted octanol–water partition coefficient (Wildman–Crippen LogP) is 2.25. The van der Waals surface area contributed by atoms with Crippen LogP contribution in [-0.4, -0.2) is 41.6 Å². The monoisotopic (exact) mass is 374 g/mol. The smallest absolute Gasteiger partial charge is 0.318 e. The Hall–Kier alpha value is -2.90. The zero-order valence-electron chi connectivity index (χ0n) is 15.4. The van der Waals surface area contributed by atoms with Crippen LogP contribution in [0.2, 0.25) is 0 Å². The molecule has 1 fully saturated rings. The lowest BCUT2D eigenvalue weighted by molar-refractivity contribution is -0.127. The van der Waals surface area contributed by atoms with Gasteiger partial charge in [0, 0.05) is 25.2 Å². The van der Waals surface area contributed by atoms with Gasteiger partial charge in [-0.25, -0.2) is 9.18 Å². The largest absolute Gasteiger partial charge is 0.361 e. The Bertz CT molecular complexity index is 799. The topological polar surface area (TPSA) is 87.5 Å². The van der Waals surface area contributed by atoms with Crippen molar-refractivity contribution in [3.05, 3.63) is 52.7 Å². The van der Waals surface area contributed by atoms with Gasteiger partial charge in [-0.3, -0.25) is 4.79 Å². The van der Waals surface area contributed by atoms with Crippen molar-refractivity contribution >= 4 is 11.9 Å². The molecule has 1 aromatic heterocycles. The van der Waals surface area contributed by atoms with Crippen LogP contribution in [0.4, 0.5) is 9.18 Å². The predicted molar refractivity (Wildman–Crippen MR) is 96.6 cm³/mol. The van der Waals surface area contributed by atoms with E-state index in [4.69, 9.17) is 4.52 Å². The summed E-state index contributed by atoms with van der Waals surface area (Å²) < 4.78 is 18.3. The summed E-state index contributed by atoms with van der Waals surface area (Å²) in [6.45, 7) is 5.02. The maximum absolute atomic E-state index is 13.2. The van der Waals surface area contributed by atoms with Crippen molar-refractivity contribution in [3.8, 4) is 0 Å². The van der Waals surface area contributed by atoms with Crippen LogP contribution in [0.25, 0.3) is 0 Å². The molecule has 3 amide bonds. The molecule has 2 aromatic rings. The molecule has 1 unspecified atom stereocenters. The molecular weight excluding hydrogens is 351 g/mol. The molecule has 0 aliphatic carbocycles. The molecule has 2 heterocycles. The maximum atomic E-state index is 13.2. The van der Waals surface area contributed by atoms with E-state index in [1.54, 1.807) is 0 Å². The third-order valence-electron chi connectivity index (χ3n) is 4.72. The second kappa shape index (κ2) is 8.20. The van der Waals surface area contributed by atoms with Gasteiger partial charge in [-0.05, 0) is 44.4 Å². The van der Waals surface area contributed by atoms with E-state index < -0.39 is 6.04 Å². The van der Waals surface area contributed by atoms with Crippen molar-refractivity contribution in [3.63, 3.8) is 0 Å². The van der Waals surface area contributed by atoms with Crippen molar-refractivity contribution in [1.82, 2.24) is 20.7 Å². The van der Waals surface area contributed by atoms with Gasteiger partial charge in [0.15, 0.2) is 0 Å². The lowest BCUT2D eigenvalue weighted by Crippen LogP contribution is -2.54. The second-order valence-electron chi connectivity index (χ2n) is 6.58. The highest BCUT2D eigenvalue weighted by Gasteiger charge is 2.34. The number of hydrogen-bond donors (Lipinski definition) is 2. The molecule has 2 N–H and O–H groups in total. The molecular formula is C19H23FN4O3. The lowest BCUT2D eigenvalue weighted by atomic mass is 10.0. The number of nitrogens with zero attached hydrogens (tertiary/aromatic N) is 2. The summed E-state index contributed by atoms with van der Waals surface area (Å²) in [6, 6.07) is 4.57. The van der Waals surface area contributed by atoms with E-state index in [-0.39, 0.29) is 17.8 Å². The third kappa shape index (κ3) is 4.27. The number of carbonyl (C=O) groups excluding carboxylic acids is 2. The summed E-state index contributed by atoms with van der Waals surface area (Å²) in [5.74, 6) is 0.145. The van der Waals surface area contributed by atoms with Gasteiger partial charge in [0.25, 0.3) is 0 Å². The van der Waals surface area contributed by atoms with Crippen LogP contribution in [0.5, 0.6) is 0 Å². The highest BCUT2D eigenvalue weighted by Crippen LogP contribution is 2.23. The summed E-state index contributed by atoms with van der Waals surface area (Å²) in [7, 11) is 0. The van der Waals surface area contributed by atoms with Gasteiger partial charge >= 0.3 is 6.03 Å². The van der Waals surface area contributed by atoms with Gasteiger partial charge in [-0.15, -0.1) is 0 Å². The van der Waals surface area contributed by atoms with Crippen LogP contribution < -0.4 is 10.6 Å². The number of piperazine rings is 1. The van der Waals surface area contributed by atoms with Crippen molar-refractivity contribution in [1.29, 1.82) is 0 Å². The van der Waals surface area contributed by atoms with E-state index in [0.29, 0.717) is 25.2 Å². The molecule has 0 radical (unpaired) electrons. The van der Waals surface area contributed by atoms with Crippen molar-refractivity contribution in [2.24, 2.45) is 0 Å². The number of urea groups is 1. The summed E-state index contributed by atoms with van der Waals surface area (Å²) in [5, 5.41) is 9.54. The Morgan fingerprint density at radius 3 is 2.78 bits per heavy atom. The Morgan fingerprint density at radius 1 is 1.37 bits per heavy atom. The first kappa shape index (κ1) is 18.9. The van der Waals surface area contributed by atoms with Gasteiger partial charge in [-0.1, -0.05) is 17.3 Å². The molecule has 0 spiro atoms. The summed E-state index contributed by atoms with van der Waals surface area (Å²) in [6.07, 6.45) is 1.49. The van der Waals surface area contributed by atoms with E-state index in [9.17, 15) is 14.0 Å². The molecule has 1 aromatic carbocycles. The van der Waals surface area contributed by atoms with Gasteiger partial charge in [-0.2, -0.15) is 0 Å². The van der Waals surface area contributed by atoms with Crippen LogP contribution in [0.1, 0.15) is 35.0 Å². The van der Waals surface area contributed by atoms with Crippen LogP contribution in [0, 0.1) is 19.7 Å². The number of hydrogen-bond acceptors (Lipinski definition) is 4. The zero-order chi connectivity index (χ0) is 19.4. The van der Waals surface area contributed by atoms with Crippen LogP contribution in [0.3, 0.4) is 0 Å². The second-order valence-corrected chi connectivity index (χ2v) is 6.58. The first-order valence-electron chi connectivity index (χ1n) is 8.96. The van der Waals surface area contributed by atoms with Crippen molar-refractivity contribution in [2.75, 3.05) is 19.6 Å².